The van der Waals surface area contributed by atoms with Crippen molar-refractivity contribution in [3.05, 3.63) is 29.3 Å². The van der Waals surface area contributed by atoms with E-state index >= 15 is 0 Å². The Labute approximate surface area is 125 Å². The third kappa shape index (κ3) is 6.89. The minimum atomic E-state index is -0.0784. The summed E-state index contributed by atoms with van der Waals surface area (Å²) < 4.78 is 0. The molecule has 1 aromatic rings. The van der Waals surface area contributed by atoms with Crippen LogP contribution in [0.25, 0.3) is 0 Å². The molecule has 5 heteroatoms. The Hall–Kier alpha value is -1.10. The average molecular weight is 299 g/mol. The van der Waals surface area contributed by atoms with E-state index in [4.69, 9.17) is 16.7 Å². The van der Waals surface area contributed by atoms with Gasteiger partial charge in [0.25, 0.3) is 0 Å². The van der Waals surface area contributed by atoms with Crippen LogP contribution in [-0.4, -0.2) is 30.7 Å². The first-order valence-corrected chi connectivity index (χ1v) is 7.18. The maximum Gasteiger partial charge on any atom is 0.238 e. The molecule has 0 saturated heterocycles. The molecule has 0 heterocycles. The standard InChI is InChI=1S/C15H23ClN2O2/c1-15(2,8-3-9-19)11-17-10-14(20)18-13-6-4-12(16)5-7-13/h4-7,17,19H,3,8-11H2,1-2H3,(H,18,20). The first-order chi connectivity index (χ1) is 9.43. The Morgan fingerprint density at radius 3 is 2.55 bits per heavy atom. The third-order valence-corrected chi connectivity index (χ3v) is 3.28. The molecule has 3 N–H and O–H groups in total. The van der Waals surface area contributed by atoms with Gasteiger partial charge in [-0.1, -0.05) is 25.4 Å². The van der Waals surface area contributed by atoms with E-state index in [2.05, 4.69) is 24.5 Å². The van der Waals surface area contributed by atoms with Crippen LogP contribution in [0.5, 0.6) is 0 Å². The quantitative estimate of drug-likeness (QED) is 0.691. The second kappa shape index (κ2) is 8.25. The lowest BCUT2D eigenvalue weighted by Gasteiger charge is -2.24. The summed E-state index contributed by atoms with van der Waals surface area (Å²) in [4.78, 5) is 11.8. The van der Waals surface area contributed by atoms with Crippen LogP contribution in [0, 0.1) is 5.41 Å². The number of aliphatic hydroxyl groups excluding tert-OH is 1. The molecule has 0 atom stereocenters. The molecule has 0 bridgehead atoms. The van der Waals surface area contributed by atoms with Crippen LogP contribution in [0.15, 0.2) is 24.3 Å². The predicted octanol–water partition coefficient (Wildman–Crippen LogP) is 2.67. The minimum absolute atomic E-state index is 0.0727. The van der Waals surface area contributed by atoms with Gasteiger partial charge in [-0.25, -0.2) is 0 Å². The van der Waals surface area contributed by atoms with Crippen LogP contribution in [0.2, 0.25) is 5.02 Å². The monoisotopic (exact) mass is 298 g/mol. The van der Waals surface area contributed by atoms with Crippen LogP contribution < -0.4 is 10.6 Å². The third-order valence-electron chi connectivity index (χ3n) is 3.03. The van der Waals surface area contributed by atoms with E-state index in [1.165, 1.54) is 0 Å². The first kappa shape index (κ1) is 17.0. The number of carbonyl (C=O) groups excluding carboxylic acids is 1. The summed E-state index contributed by atoms with van der Waals surface area (Å²) in [6.45, 7) is 5.45. The zero-order chi connectivity index (χ0) is 15.0. The Morgan fingerprint density at radius 1 is 1.30 bits per heavy atom. The summed E-state index contributed by atoms with van der Waals surface area (Å²) in [7, 11) is 0. The number of anilines is 1. The molecule has 112 valence electrons. The van der Waals surface area contributed by atoms with Gasteiger partial charge in [0.1, 0.15) is 0 Å². The molecule has 0 aliphatic carbocycles. The molecule has 0 unspecified atom stereocenters. The summed E-state index contributed by atoms with van der Waals surface area (Å²) in [6.07, 6.45) is 1.71. The molecule has 20 heavy (non-hydrogen) atoms. The van der Waals surface area contributed by atoms with Crippen LogP contribution >= 0.6 is 11.6 Å². The predicted molar refractivity (Wildman–Crippen MR) is 83.1 cm³/mol. The lowest BCUT2D eigenvalue weighted by Crippen LogP contribution is -2.35. The van der Waals surface area contributed by atoms with E-state index in [-0.39, 0.29) is 24.5 Å². The topological polar surface area (TPSA) is 61.4 Å². The molecular weight excluding hydrogens is 276 g/mol. The average Bonchev–Trinajstić information content (AvgIpc) is 2.39. The summed E-state index contributed by atoms with van der Waals surface area (Å²) in [5.74, 6) is -0.0784. The fourth-order valence-electron chi connectivity index (χ4n) is 1.90. The first-order valence-electron chi connectivity index (χ1n) is 6.80. The highest BCUT2D eigenvalue weighted by molar-refractivity contribution is 6.30. The van der Waals surface area contributed by atoms with E-state index in [1.54, 1.807) is 24.3 Å². The SMILES string of the molecule is CC(C)(CCCO)CNCC(=O)Nc1ccc(Cl)cc1. The molecular formula is C15H23ClN2O2. The van der Waals surface area contributed by atoms with Crippen molar-refractivity contribution in [1.82, 2.24) is 5.32 Å². The van der Waals surface area contributed by atoms with Gasteiger partial charge < -0.3 is 15.7 Å². The molecule has 0 aromatic heterocycles. The smallest absolute Gasteiger partial charge is 0.238 e. The molecule has 0 fully saturated rings. The molecule has 1 amide bonds. The van der Waals surface area contributed by atoms with Crippen LogP contribution in [0.4, 0.5) is 5.69 Å². The summed E-state index contributed by atoms with van der Waals surface area (Å²) in [6, 6.07) is 7.02. The van der Waals surface area contributed by atoms with Crippen LogP contribution in [-0.2, 0) is 4.79 Å². The van der Waals surface area contributed by atoms with Crippen molar-refractivity contribution < 1.29 is 9.90 Å². The molecule has 0 aliphatic rings. The van der Waals surface area contributed by atoms with Gasteiger partial charge in [-0.3, -0.25) is 4.79 Å². The van der Waals surface area contributed by atoms with Crippen molar-refractivity contribution in [3.8, 4) is 0 Å². The van der Waals surface area contributed by atoms with E-state index in [0.717, 1.165) is 25.1 Å². The normalized spacial score (nSPS) is 11.4. The van der Waals surface area contributed by atoms with Gasteiger partial charge in [-0.15, -0.1) is 0 Å². The van der Waals surface area contributed by atoms with Gasteiger partial charge in [-0.05, 0) is 42.5 Å². The van der Waals surface area contributed by atoms with Crippen molar-refractivity contribution in [2.24, 2.45) is 5.41 Å². The molecule has 0 saturated carbocycles. The Kier molecular flexibility index (Phi) is 6.99. The summed E-state index contributed by atoms with van der Waals surface area (Å²) in [5, 5.41) is 15.4. The molecule has 1 aromatic carbocycles. The van der Waals surface area contributed by atoms with E-state index < -0.39 is 0 Å². The minimum Gasteiger partial charge on any atom is -0.396 e. The van der Waals surface area contributed by atoms with Gasteiger partial charge >= 0.3 is 0 Å². The molecule has 0 radical (unpaired) electrons. The molecule has 0 aliphatic heterocycles. The maximum absolute atomic E-state index is 11.8. The Morgan fingerprint density at radius 2 is 1.95 bits per heavy atom. The van der Waals surface area contributed by atoms with Crippen LogP contribution in [0.3, 0.4) is 0 Å². The van der Waals surface area contributed by atoms with Gasteiger partial charge in [0.2, 0.25) is 5.91 Å². The molecule has 4 nitrogen and oxygen atoms in total. The van der Waals surface area contributed by atoms with Gasteiger partial charge in [-0.2, -0.15) is 0 Å². The maximum atomic E-state index is 11.8. The number of halogens is 1. The largest absolute Gasteiger partial charge is 0.396 e. The zero-order valence-corrected chi connectivity index (χ0v) is 12.8. The lowest BCUT2D eigenvalue weighted by molar-refractivity contribution is -0.115. The van der Waals surface area contributed by atoms with Gasteiger partial charge in [0.15, 0.2) is 0 Å². The van der Waals surface area contributed by atoms with E-state index in [1.807, 2.05) is 0 Å². The van der Waals surface area contributed by atoms with Crippen molar-refractivity contribution in [3.63, 3.8) is 0 Å². The van der Waals surface area contributed by atoms with Crippen LogP contribution in [0.1, 0.15) is 26.7 Å². The number of aliphatic hydroxyl groups is 1. The highest BCUT2D eigenvalue weighted by atomic mass is 35.5. The second-order valence-electron chi connectivity index (χ2n) is 5.65. The number of hydrogen-bond acceptors (Lipinski definition) is 3. The number of benzene rings is 1. The van der Waals surface area contributed by atoms with Gasteiger partial charge in [0.05, 0.1) is 6.54 Å². The highest BCUT2D eigenvalue weighted by Crippen LogP contribution is 2.20. The van der Waals surface area contributed by atoms with Gasteiger partial charge in [0, 0.05) is 23.9 Å². The Balaban J connectivity index is 2.28. The fraction of sp³-hybridized carbons (Fsp3) is 0.533. The zero-order valence-electron chi connectivity index (χ0n) is 12.1. The fourth-order valence-corrected chi connectivity index (χ4v) is 2.02. The number of amides is 1. The van der Waals surface area contributed by atoms with Crippen molar-refractivity contribution >= 4 is 23.2 Å². The number of hydrogen-bond donors (Lipinski definition) is 3. The molecule has 1 rings (SSSR count). The number of rotatable bonds is 8. The lowest BCUT2D eigenvalue weighted by atomic mass is 9.88. The van der Waals surface area contributed by atoms with E-state index in [0.29, 0.717) is 5.02 Å². The molecule has 0 spiro atoms. The highest BCUT2D eigenvalue weighted by Gasteiger charge is 2.17. The number of carbonyl (C=O) groups is 1. The Bertz CT molecular complexity index is 418. The van der Waals surface area contributed by atoms with Crippen molar-refractivity contribution in [1.29, 1.82) is 0 Å². The summed E-state index contributed by atoms with van der Waals surface area (Å²) >= 11 is 5.78. The second-order valence-corrected chi connectivity index (χ2v) is 6.09. The van der Waals surface area contributed by atoms with E-state index in [9.17, 15) is 4.79 Å². The van der Waals surface area contributed by atoms with Crippen molar-refractivity contribution in [2.75, 3.05) is 25.0 Å². The summed E-state index contributed by atoms with van der Waals surface area (Å²) in [5.41, 5.74) is 0.809. The number of nitrogens with one attached hydrogen (secondary N) is 2. The van der Waals surface area contributed by atoms with Crippen molar-refractivity contribution in [2.45, 2.75) is 26.7 Å².